The molecule has 9 rings (SSSR count). The molecule has 1 fully saturated rings. The molecule has 0 saturated heterocycles. The number of aryl methyl sites for hydroxylation is 2. The summed E-state index contributed by atoms with van der Waals surface area (Å²) >= 11 is 0. The minimum Gasteiger partial charge on any atom is -0.483 e. The molecule has 1 saturated carbocycles. The Bertz CT molecular complexity index is 2430. The molecule has 0 N–H and O–H groups in total. The molecule has 312 valence electrons. The summed E-state index contributed by atoms with van der Waals surface area (Å²) in [5.41, 5.74) is 7.32. The molecule has 1 aliphatic carbocycles. The molecule has 3 aliphatic heterocycles. The summed E-state index contributed by atoms with van der Waals surface area (Å²) in [5.74, 6) is -0.413. The van der Waals surface area contributed by atoms with Gasteiger partial charge in [0.1, 0.15) is 16.9 Å². The molecule has 2 bridgehead atoms. The van der Waals surface area contributed by atoms with Crippen molar-refractivity contribution in [1.29, 1.82) is 0 Å². The van der Waals surface area contributed by atoms with Crippen LogP contribution in [-0.2, 0) is 44.7 Å². The van der Waals surface area contributed by atoms with Crippen LogP contribution in [0.15, 0.2) is 117 Å². The predicted molar refractivity (Wildman–Crippen MR) is 235 cm³/mol. The summed E-state index contributed by atoms with van der Waals surface area (Å²) in [4.78, 5) is 42.8. The van der Waals surface area contributed by atoms with Crippen molar-refractivity contribution >= 4 is 22.9 Å². The van der Waals surface area contributed by atoms with Crippen LogP contribution in [0.4, 0.5) is 0 Å². The maximum absolute atomic E-state index is 14.7. The monoisotopic (exact) mass is 806 g/mol. The molecule has 0 amide bonds. The van der Waals surface area contributed by atoms with Gasteiger partial charge in [-0.25, -0.2) is 9.59 Å². The topological polar surface area (TPSA) is 92.0 Å². The molecule has 7 heteroatoms. The van der Waals surface area contributed by atoms with Gasteiger partial charge in [-0.2, -0.15) is 0 Å². The molecule has 1 aromatic heterocycles. The Balaban J connectivity index is 1.19. The lowest BCUT2D eigenvalue weighted by molar-refractivity contribution is -0.199. The Morgan fingerprint density at radius 1 is 0.767 bits per heavy atom. The first kappa shape index (κ1) is 41.3. The van der Waals surface area contributed by atoms with Crippen molar-refractivity contribution in [3.63, 3.8) is 0 Å². The molecule has 60 heavy (non-hydrogen) atoms. The summed E-state index contributed by atoms with van der Waals surface area (Å²) in [6.45, 7) is 9.79. The van der Waals surface area contributed by atoms with E-state index in [0.717, 1.165) is 61.6 Å². The van der Waals surface area contributed by atoms with Crippen LogP contribution in [-0.4, -0.2) is 23.6 Å². The van der Waals surface area contributed by atoms with E-state index < -0.39 is 35.4 Å². The number of carbonyl (C=O) groups excluding carboxylic acids is 2. The van der Waals surface area contributed by atoms with Crippen LogP contribution in [0.5, 0.6) is 5.75 Å². The van der Waals surface area contributed by atoms with Crippen molar-refractivity contribution in [2.24, 2.45) is 11.8 Å². The number of ether oxygens (including phenoxy) is 3. The van der Waals surface area contributed by atoms with Crippen molar-refractivity contribution in [2.45, 2.75) is 129 Å². The van der Waals surface area contributed by atoms with Gasteiger partial charge in [-0.1, -0.05) is 111 Å². The van der Waals surface area contributed by atoms with E-state index in [0.29, 0.717) is 47.1 Å². The summed E-state index contributed by atoms with van der Waals surface area (Å²) < 4.78 is 26.6. The van der Waals surface area contributed by atoms with Gasteiger partial charge < -0.3 is 18.6 Å². The molecule has 5 aromatic rings. The Hall–Kier alpha value is -5.43. The maximum Gasteiger partial charge on any atom is 0.339 e. The van der Waals surface area contributed by atoms with E-state index >= 15 is 0 Å². The number of hydrogen-bond donors (Lipinski definition) is 0. The minimum atomic E-state index is -1.08. The predicted octanol–water partition coefficient (Wildman–Crippen LogP) is 11.5. The van der Waals surface area contributed by atoms with E-state index in [1.54, 1.807) is 0 Å². The minimum absolute atomic E-state index is 0.0353. The van der Waals surface area contributed by atoms with Crippen molar-refractivity contribution in [2.75, 3.05) is 0 Å². The zero-order valence-electron chi connectivity index (χ0n) is 35.8. The summed E-state index contributed by atoms with van der Waals surface area (Å²) in [7, 11) is 0. The second-order valence-corrected chi connectivity index (χ2v) is 18.1. The molecule has 0 spiro atoms. The van der Waals surface area contributed by atoms with Crippen LogP contribution in [0.1, 0.15) is 131 Å². The highest BCUT2D eigenvalue weighted by molar-refractivity contribution is 5.90. The van der Waals surface area contributed by atoms with Crippen molar-refractivity contribution < 1.29 is 28.2 Å². The van der Waals surface area contributed by atoms with Crippen molar-refractivity contribution in [1.82, 2.24) is 0 Å². The van der Waals surface area contributed by atoms with Crippen molar-refractivity contribution in [3.8, 4) is 5.75 Å². The maximum atomic E-state index is 14.7. The van der Waals surface area contributed by atoms with E-state index in [-0.39, 0.29) is 29.8 Å². The lowest BCUT2D eigenvalue weighted by atomic mass is 9.76. The molecule has 0 unspecified atom stereocenters. The number of fused-ring (bicyclic) bond motifs is 13. The van der Waals surface area contributed by atoms with Gasteiger partial charge in [0.2, 0.25) is 0 Å². The van der Waals surface area contributed by atoms with Crippen LogP contribution in [0, 0.1) is 11.8 Å². The first-order valence-corrected chi connectivity index (χ1v) is 22.0. The first-order valence-electron chi connectivity index (χ1n) is 22.0. The van der Waals surface area contributed by atoms with Gasteiger partial charge >= 0.3 is 17.6 Å². The molecular weight excluding hydrogens is 749 g/mol. The molecule has 4 aromatic carbocycles. The fourth-order valence-corrected chi connectivity index (χ4v) is 9.81. The number of rotatable bonds is 7. The number of allylic oxidation sites excluding steroid dienone is 1. The molecule has 0 radical (unpaired) electrons. The van der Waals surface area contributed by atoms with E-state index in [1.807, 2.05) is 58.9 Å². The first-order chi connectivity index (χ1) is 28.9. The third-order valence-corrected chi connectivity index (χ3v) is 13.3. The zero-order valence-corrected chi connectivity index (χ0v) is 35.8. The SMILES string of the molecule is CC(C)=C1CCc2ccc(cc2)C[C@@H](CCc2cccc(Cc3ccccc3)c2)CC(=O)O[C@@H]2c3c(ccc4cc(C(C)C)c(=O)oc34)O[C@@](C)(C3CCCC3)[C@H]2OC1=O. The smallest absolute Gasteiger partial charge is 0.339 e. The van der Waals surface area contributed by atoms with Crippen LogP contribution >= 0.6 is 0 Å². The molecule has 4 aliphatic rings. The lowest BCUT2D eigenvalue weighted by Crippen LogP contribution is -2.58. The van der Waals surface area contributed by atoms with Gasteiger partial charge in [-0.05, 0) is 130 Å². The second-order valence-electron chi connectivity index (χ2n) is 18.1. The highest BCUT2D eigenvalue weighted by Gasteiger charge is 2.57. The fraction of sp³-hybridized carbons (Fsp3) is 0.415. The standard InChI is InChI=1S/C53H58O7/c1-33(2)43-26-24-35-18-20-38(21-19-35)30-40(23-22-37-14-11-15-39(29-37)28-36-12-7-6-8-13-36)31-46(54)57-49-47-45(27-25-41-32-44(34(3)4)52(56)58-48(41)47)60-53(5,42-16-9-10-17-42)50(49)59-51(43)55/h6-8,11-15,18-21,25,27,29,32,34,40,42,49-50H,9-10,16-17,22-24,26,28,30-31H2,1-5H3/t40-,49-,50+,53+/m1/s1. The summed E-state index contributed by atoms with van der Waals surface area (Å²) in [5, 5.41) is 0.693. The quantitative estimate of drug-likeness (QED) is 0.0918. The highest BCUT2D eigenvalue weighted by atomic mass is 16.6. The normalized spacial score (nSPS) is 22.6. The van der Waals surface area contributed by atoms with Crippen molar-refractivity contribution in [3.05, 3.63) is 158 Å². The fourth-order valence-electron chi connectivity index (χ4n) is 9.81. The average molecular weight is 807 g/mol. The third-order valence-electron chi connectivity index (χ3n) is 13.3. The van der Waals surface area contributed by atoms with Gasteiger partial charge in [-0.15, -0.1) is 0 Å². The average Bonchev–Trinajstić information content (AvgIpc) is 3.78. The van der Waals surface area contributed by atoms with Gasteiger partial charge in [-0.3, -0.25) is 4.79 Å². The molecular formula is C53H58O7. The van der Waals surface area contributed by atoms with Crippen LogP contribution < -0.4 is 10.4 Å². The van der Waals surface area contributed by atoms with Gasteiger partial charge in [0, 0.05) is 28.9 Å². The number of esters is 2. The Kier molecular flexibility index (Phi) is 12.2. The highest BCUT2D eigenvalue weighted by Crippen LogP contribution is 2.52. The van der Waals surface area contributed by atoms with Crippen LogP contribution in [0.3, 0.4) is 0 Å². The van der Waals surface area contributed by atoms with Crippen LogP contribution in [0.2, 0.25) is 0 Å². The lowest BCUT2D eigenvalue weighted by Gasteiger charge is -2.48. The number of benzene rings is 4. The molecule has 4 heterocycles. The van der Waals surface area contributed by atoms with E-state index in [9.17, 15) is 14.4 Å². The van der Waals surface area contributed by atoms with E-state index in [2.05, 4.69) is 72.8 Å². The summed E-state index contributed by atoms with van der Waals surface area (Å²) in [6, 6.07) is 33.5. The Labute approximate surface area is 354 Å². The third kappa shape index (κ3) is 8.87. The second kappa shape index (κ2) is 17.7. The Morgan fingerprint density at radius 2 is 1.48 bits per heavy atom. The van der Waals surface area contributed by atoms with E-state index in [4.69, 9.17) is 18.6 Å². The zero-order chi connectivity index (χ0) is 42.0. The van der Waals surface area contributed by atoms with Gasteiger partial charge in [0.05, 0.1) is 5.56 Å². The molecule has 4 atom stereocenters. The van der Waals surface area contributed by atoms with Gasteiger partial charge in [0.25, 0.3) is 0 Å². The molecule has 7 nitrogen and oxygen atoms in total. The summed E-state index contributed by atoms with van der Waals surface area (Å²) in [6.07, 6.45) is 6.23. The number of hydrogen-bond acceptors (Lipinski definition) is 7. The largest absolute Gasteiger partial charge is 0.483 e. The number of carbonyl (C=O) groups is 2. The van der Waals surface area contributed by atoms with E-state index in [1.165, 1.54) is 16.7 Å². The Morgan fingerprint density at radius 3 is 2.22 bits per heavy atom. The van der Waals surface area contributed by atoms with Gasteiger partial charge in [0.15, 0.2) is 12.2 Å². The van der Waals surface area contributed by atoms with Crippen LogP contribution in [0.25, 0.3) is 11.0 Å².